The summed E-state index contributed by atoms with van der Waals surface area (Å²) in [6.45, 7) is -0.173. The van der Waals surface area contributed by atoms with Crippen molar-refractivity contribution in [2.24, 2.45) is 0 Å². The zero-order chi connectivity index (χ0) is 9.68. The number of ether oxygens (including phenoxy) is 2. The summed E-state index contributed by atoms with van der Waals surface area (Å²) in [6, 6.07) is 5.62. The van der Waals surface area contributed by atoms with Crippen LogP contribution in [0.1, 0.15) is 10.4 Å². The average molecular weight is 184 g/mol. The van der Waals surface area contributed by atoms with Crippen LogP contribution in [-0.2, 0) is 9.47 Å². The third-order valence-corrected chi connectivity index (χ3v) is 1.40. The molecule has 0 fully saturated rings. The van der Waals surface area contributed by atoms with Gasteiger partial charge >= 0.3 is 5.97 Å². The molecule has 0 radical (unpaired) electrons. The maximum atomic E-state index is 12.9. The molecule has 0 saturated carbocycles. The second-order valence-electron chi connectivity index (χ2n) is 2.32. The number of methoxy groups -OCH3 is 1. The largest absolute Gasteiger partial charge is 0.435 e. The van der Waals surface area contributed by atoms with Crippen molar-refractivity contribution in [2.45, 2.75) is 0 Å². The van der Waals surface area contributed by atoms with E-state index in [9.17, 15) is 9.18 Å². The third-order valence-electron chi connectivity index (χ3n) is 1.40. The van der Waals surface area contributed by atoms with E-state index in [1.54, 1.807) is 6.07 Å². The van der Waals surface area contributed by atoms with E-state index in [1.807, 2.05) is 0 Å². The van der Waals surface area contributed by atoms with Gasteiger partial charge in [-0.25, -0.2) is 9.18 Å². The van der Waals surface area contributed by atoms with Crippen molar-refractivity contribution in [3.05, 3.63) is 35.6 Å². The minimum Gasteiger partial charge on any atom is -0.435 e. The van der Waals surface area contributed by atoms with Crippen molar-refractivity contribution >= 4 is 5.97 Å². The van der Waals surface area contributed by atoms with Gasteiger partial charge in [0.05, 0.1) is 5.56 Å². The van der Waals surface area contributed by atoms with E-state index in [4.69, 9.17) is 0 Å². The van der Waals surface area contributed by atoms with Gasteiger partial charge in [0.15, 0.2) is 6.79 Å². The summed E-state index contributed by atoms with van der Waals surface area (Å²) in [5.41, 5.74) is -0.0837. The number of esters is 1. The van der Waals surface area contributed by atoms with Crippen molar-refractivity contribution in [1.29, 1.82) is 0 Å². The molecular weight excluding hydrogens is 175 g/mol. The molecule has 1 aromatic rings. The Labute approximate surface area is 75.1 Å². The van der Waals surface area contributed by atoms with Crippen LogP contribution in [0.15, 0.2) is 24.3 Å². The van der Waals surface area contributed by atoms with Gasteiger partial charge in [-0.1, -0.05) is 12.1 Å². The fourth-order valence-electron chi connectivity index (χ4n) is 0.817. The molecule has 13 heavy (non-hydrogen) atoms. The first kappa shape index (κ1) is 9.67. The summed E-state index contributed by atoms with van der Waals surface area (Å²) in [4.78, 5) is 11.1. The minimum absolute atomic E-state index is 0.0837. The number of hydrogen-bond acceptors (Lipinski definition) is 3. The van der Waals surface area contributed by atoms with Crippen molar-refractivity contribution in [1.82, 2.24) is 0 Å². The van der Waals surface area contributed by atoms with Gasteiger partial charge in [0.25, 0.3) is 0 Å². The monoisotopic (exact) mass is 184 g/mol. The molecule has 0 unspecified atom stereocenters. The number of rotatable bonds is 3. The number of carbonyl (C=O) groups excluding carboxylic acids is 1. The molecule has 0 bridgehead atoms. The molecule has 4 heteroatoms. The topological polar surface area (TPSA) is 35.5 Å². The van der Waals surface area contributed by atoms with Crippen molar-refractivity contribution in [3.63, 3.8) is 0 Å². The molecule has 0 aromatic heterocycles. The summed E-state index contributed by atoms with van der Waals surface area (Å²) in [5.74, 6) is -1.32. The molecule has 0 amide bonds. The minimum atomic E-state index is -0.722. The van der Waals surface area contributed by atoms with E-state index in [0.717, 1.165) is 0 Å². The molecule has 0 aliphatic rings. The molecule has 1 aromatic carbocycles. The molecule has 0 N–H and O–H groups in total. The van der Waals surface area contributed by atoms with Crippen LogP contribution in [0, 0.1) is 5.82 Å². The molecule has 3 nitrogen and oxygen atoms in total. The third kappa shape index (κ3) is 2.52. The lowest BCUT2D eigenvalue weighted by atomic mass is 10.2. The predicted octanol–water partition coefficient (Wildman–Crippen LogP) is 1.59. The van der Waals surface area contributed by atoms with Crippen LogP contribution in [0.5, 0.6) is 0 Å². The Bertz CT molecular complexity index is 299. The van der Waals surface area contributed by atoms with E-state index < -0.39 is 11.8 Å². The Morgan fingerprint density at radius 3 is 2.77 bits per heavy atom. The van der Waals surface area contributed by atoms with Crippen LogP contribution >= 0.6 is 0 Å². The fraction of sp³-hybridized carbons (Fsp3) is 0.222. The van der Waals surface area contributed by atoms with Gasteiger partial charge in [0.2, 0.25) is 0 Å². The lowest BCUT2D eigenvalue weighted by Crippen LogP contribution is -2.09. The van der Waals surface area contributed by atoms with Gasteiger partial charge in [-0.3, -0.25) is 0 Å². The summed E-state index contributed by atoms with van der Waals surface area (Å²) in [6.07, 6.45) is 0. The highest BCUT2D eigenvalue weighted by Crippen LogP contribution is 2.07. The molecular formula is C9H9FO3. The number of halogens is 1. The maximum Gasteiger partial charge on any atom is 0.343 e. The Morgan fingerprint density at radius 1 is 1.46 bits per heavy atom. The first-order valence-corrected chi connectivity index (χ1v) is 3.66. The van der Waals surface area contributed by atoms with Crippen LogP contribution < -0.4 is 0 Å². The SMILES string of the molecule is COCOC(=O)c1ccccc1F. The van der Waals surface area contributed by atoms with Crippen molar-refractivity contribution in [3.8, 4) is 0 Å². The van der Waals surface area contributed by atoms with E-state index in [-0.39, 0.29) is 12.4 Å². The second kappa shape index (κ2) is 4.57. The van der Waals surface area contributed by atoms with E-state index in [0.29, 0.717) is 0 Å². The predicted molar refractivity (Wildman–Crippen MR) is 43.7 cm³/mol. The lowest BCUT2D eigenvalue weighted by molar-refractivity contribution is -0.0128. The number of benzene rings is 1. The molecule has 70 valence electrons. The van der Waals surface area contributed by atoms with Gasteiger partial charge < -0.3 is 9.47 Å². The van der Waals surface area contributed by atoms with Gasteiger partial charge in [-0.2, -0.15) is 0 Å². The van der Waals surface area contributed by atoms with Crippen LogP contribution in [0.4, 0.5) is 4.39 Å². The fourth-order valence-corrected chi connectivity index (χ4v) is 0.817. The highest BCUT2D eigenvalue weighted by Gasteiger charge is 2.11. The Balaban J connectivity index is 2.71. The molecule has 0 saturated heterocycles. The van der Waals surface area contributed by atoms with Crippen LogP contribution in [-0.4, -0.2) is 19.9 Å². The first-order valence-electron chi connectivity index (χ1n) is 3.66. The average Bonchev–Trinajstić information content (AvgIpc) is 2.15. The molecule has 0 aliphatic carbocycles. The molecule has 1 rings (SSSR count). The lowest BCUT2D eigenvalue weighted by Gasteiger charge is -2.03. The summed E-state index contributed by atoms with van der Waals surface area (Å²) in [5, 5.41) is 0. The molecule has 0 heterocycles. The Hall–Kier alpha value is -1.42. The zero-order valence-corrected chi connectivity index (χ0v) is 7.12. The highest BCUT2D eigenvalue weighted by molar-refractivity contribution is 5.89. The first-order chi connectivity index (χ1) is 6.25. The highest BCUT2D eigenvalue weighted by atomic mass is 19.1. The van der Waals surface area contributed by atoms with E-state index in [1.165, 1.54) is 25.3 Å². The Kier molecular flexibility index (Phi) is 3.40. The quantitative estimate of drug-likeness (QED) is 0.528. The van der Waals surface area contributed by atoms with Crippen molar-refractivity contribution in [2.75, 3.05) is 13.9 Å². The Morgan fingerprint density at radius 2 is 2.15 bits per heavy atom. The van der Waals surface area contributed by atoms with Crippen molar-refractivity contribution < 1.29 is 18.7 Å². The summed E-state index contributed by atoms with van der Waals surface area (Å²) < 4.78 is 22.0. The number of hydrogen-bond donors (Lipinski definition) is 0. The van der Waals surface area contributed by atoms with E-state index >= 15 is 0 Å². The van der Waals surface area contributed by atoms with Gasteiger partial charge in [0, 0.05) is 7.11 Å². The van der Waals surface area contributed by atoms with Crippen LogP contribution in [0.3, 0.4) is 0 Å². The molecule has 0 aliphatic heterocycles. The van der Waals surface area contributed by atoms with Gasteiger partial charge in [-0.05, 0) is 12.1 Å². The summed E-state index contributed by atoms with van der Waals surface area (Å²) >= 11 is 0. The second-order valence-corrected chi connectivity index (χ2v) is 2.32. The van der Waals surface area contributed by atoms with Crippen LogP contribution in [0.2, 0.25) is 0 Å². The maximum absolute atomic E-state index is 12.9. The normalized spacial score (nSPS) is 9.69. The number of carbonyl (C=O) groups is 1. The zero-order valence-electron chi connectivity index (χ0n) is 7.12. The smallest absolute Gasteiger partial charge is 0.343 e. The summed E-state index contributed by atoms with van der Waals surface area (Å²) in [7, 11) is 1.38. The molecule has 0 atom stereocenters. The standard InChI is InChI=1S/C9H9FO3/c1-12-6-13-9(11)7-4-2-3-5-8(7)10/h2-5H,6H2,1H3. The van der Waals surface area contributed by atoms with Gasteiger partial charge in [-0.15, -0.1) is 0 Å². The van der Waals surface area contributed by atoms with Gasteiger partial charge in [0.1, 0.15) is 5.82 Å². The van der Waals surface area contributed by atoms with E-state index in [2.05, 4.69) is 9.47 Å². The van der Waals surface area contributed by atoms with Crippen LogP contribution in [0.25, 0.3) is 0 Å². The molecule has 0 spiro atoms.